The first-order valence-corrected chi connectivity index (χ1v) is 8.73. The van der Waals surface area contributed by atoms with Crippen LogP contribution in [0.4, 0.5) is 30.6 Å². The molecule has 2 heterocycles. The third kappa shape index (κ3) is 4.67. The fourth-order valence-corrected chi connectivity index (χ4v) is 2.94. The number of morpholine rings is 1. The molecule has 2 aromatic rings. The number of nitrogens with zero attached hydrogens (tertiary/aromatic N) is 3. The van der Waals surface area contributed by atoms with Crippen molar-refractivity contribution in [2.45, 2.75) is 12.3 Å². The van der Waals surface area contributed by atoms with Crippen LogP contribution in [0, 0.1) is 0 Å². The van der Waals surface area contributed by atoms with Gasteiger partial charge in [0.05, 0.1) is 25.9 Å². The summed E-state index contributed by atoms with van der Waals surface area (Å²) >= 11 is 0. The van der Waals surface area contributed by atoms with Crippen molar-refractivity contribution >= 4 is 23.9 Å². The Labute approximate surface area is 165 Å². The number of rotatable bonds is 6. The van der Waals surface area contributed by atoms with E-state index in [1.165, 1.54) is 14.2 Å². The Morgan fingerprint density at radius 3 is 2.83 bits per heavy atom. The Morgan fingerprint density at radius 2 is 2.17 bits per heavy atom. The highest BCUT2D eigenvalue weighted by Crippen LogP contribution is 2.35. The second-order valence-corrected chi connectivity index (χ2v) is 6.25. The number of benzene rings is 1. The van der Waals surface area contributed by atoms with Crippen LogP contribution >= 0.6 is 0 Å². The molecule has 1 aromatic carbocycles. The molecular formula is C18H20F3N5O3. The average Bonchev–Trinajstić information content (AvgIpc) is 2.73. The third-order valence-electron chi connectivity index (χ3n) is 4.42. The molecule has 1 amide bonds. The van der Waals surface area contributed by atoms with E-state index in [1.807, 2.05) is 0 Å². The van der Waals surface area contributed by atoms with Gasteiger partial charge in [0, 0.05) is 19.8 Å². The van der Waals surface area contributed by atoms with Gasteiger partial charge in [-0.2, -0.15) is 18.2 Å². The molecule has 1 atom stereocenters. The lowest BCUT2D eigenvalue weighted by Crippen LogP contribution is -2.37. The second kappa shape index (κ2) is 8.52. The number of aromatic nitrogens is 2. The molecule has 0 radical (unpaired) electrons. The molecule has 1 aliphatic rings. The fraction of sp³-hybridized carbons (Fsp3) is 0.389. The number of amides is 1. The highest BCUT2D eigenvalue weighted by atomic mass is 19.4. The largest absolute Gasteiger partial charge is 0.495 e. The molecule has 0 aliphatic carbocycles. The smallest absolute Gasteiger partial charge is 0.421 e. The SMILES string of the molecule is CNc1nc(Nc2ccc(C3CN(C=O)CCO3)cc2OC)ncc1C(F)(F)F. The molecule has 2 N–H and O–H groups in total. The second-order valence-electron chi connectivity index (χ2n) is 6.25. The van der Waals surface area contributed by atoms with Crippen molar-refractivity contribution in [2.75, 3.05) is 44.5 Å². The molecule has 1 aliphatic heterocycles. The lowest BCUT2D eigenvalue weighted by atomic mass is 10.1. The molecule has 29 heavy (non-hydrogen) atoms. The van der Waals surface area contributed by atoms with E-state index < -0.39 is 11.7 Å². The Balaban J connectivity index is 1.83. The summed E-state index contributed by atoms with van der Waals surface area (Å²) in [6, 6.07) is 5.22. The van der Waals surface area contributed by atoms with E-state index in [4.69, 9.17) is 9.47 Å². The van der Waals surface area contributed by atoms with Crippen molar-refractivity contribution in [1.29, 1.82) is 0 Å². The molecule has 1 fully saturated rings. The number of nitrogens with one attached hydrogen (secondary N) is 2. The summed E-state index contributed by atoms with van der Waals surface area (Å²) in [5.74, 6) is 0.0772. The van der Waals surface area contributed by atoms with Gasteiger partial charge in [0.25, 0.3) is 0 Å². The summed E-state index contributed by atoms with van der Waals surface area (Å²) in [5.41, 5.74) is 0.325. The van der Waals surface area contributed by atoms with Crippen LogP contribution in [0.3, 0.4) is 0 Å². The molecule has 0 bridgehead atoms. The standard InChI is InChI=1S/C18H20F3N5O3/c1-22-16-12(18(19,20)21)8-23-17(25-16)24-13-4-3-11(7-14(13)28-2)15-9-26(10-27)5-6-29-15/h3-4,7-8,10,15H,5-6,9H2,1-2H3,(H2,22,23,24,25). The zero-order chi connectivity index (χ0) is 21.0. The minimum Gasteiger partial charge on any atom is -0.495 e. The molecule has 11 heteroatoms. The van der Waals surface area contributed by atoms with Crippen LogP contribution in [0.25, 0.3) is 0 Å². The Morgan fingerprint density at radius 1 is 1.38 bits per heavy atom. The third-order valence-corrected chi connectivity index (χ3v) is 4.42. The van der Waals surface area contributed by atoms with E-state index in [0.29, 0.717) is 37.3 Å². The summed E-state index contributed by atoms with van der Waals surface area (Å²) in [6.45, 7) is 1.39. The van der Waals surface area contributed by atoms with E-state index in [0.717, 1.165) is 12.0 Å². The van der Waals surface area contributed by atoms with Crippen molar-refractivity contribution in [3.63, 3.8) is 0 Å². The first kappa shape index (κ1) is 20.6. The Hall–Kier alpha value is -3.08. The van der Waals surface area contributed by atoms with Crippen molar-refractivity contribution in [1.82, 2.24) is 14.9 Å². The number of carbonyl (C=O) groups excluding carboxylic acids is 1. The number of ether oxygens (including phenoxy) is 2. The Bertz CT molecular complexity index is 878. The van der Waals surface area contributed by atoms with Crippen LogP contribution in [-0.2, 0) is 15.7 Å². The van der Waals surface area contributed by atoms with Gasteiger partial charge in [-0.15, -0.1) is 0 Å². The average molecular weight is 411 g/mol. The number of carbonyl (C=O) groups is 1. The number of methoxy groups -OCH3 is 1. The molecule has 8 nitrogen and oxygen atoms in total. The topological polar surface area (TPSA) is 88.6 Å². The molecule has 0 spiro atoms. The summed E-state index contributed by atoms with van der Waals surface area (Å²) < 4.78 is 50.1. The van der Waals surface area contributed by atoms with Crippen LogP contribution in [0.15, 0.2) is 24.4 Å². The number of hydrogen-bond acceptors (Lipinski definition) is 7. The van der Waals surface area contributed by atoms with Crippen LogP contribution in [0.1, 0.15) is 17.2 Å². The van der Waals surface area contributed by atoms with Gasteiger partial charge >= 0.3 is 6.18 Å². The van der Waals surface area contributed by atoms with E-state index in [1.54, 1.807) is 23.1 Å². The van der Waals surface area contributed by atoms with Gasteiger partial charge in [-0.05, 0) is 17.7 Å². The highest BCUT2D eigenvalue weighted by Gasteiger charge is 2.35. The van der Waals surface area contributed by atoms with E-state index in [2.05, 4.69) is 20.6 Å². The summed E-state index contributed by atoms with van der Waals surface area (Å²) in [7, 11) is 2.82. The molecule has 3 rings (SSSR count). The van der Waals surface area contributed by atoms with E-state index >= 15 is 0 Å². The number of hydrogen-bond donors (Lipinski definition) is 2. The number of alkyl halides is 3. The molecule has 1 aromatic heterocycles. The van der Waals surface area contributed by atoms with Crippen LogP contribution in [-0.4, -0.2) is 55.1 Å². The summed E-state index contributed by atoms with van der Waals surface area (Å²) in [4.78, 5) is 20.3. The molecule has 156 valence electrons. The van der Waals surface area contributed by atoms with Crippen LogP contribution in [0.2, 0.25) is 0 Å². The maximum absolute atomic E-state index is 13.0. The monoisotopic (exact) mass is 411 g/mol. The zero-order valence-electron chi connectivity index (χ0n) is 15.8. The van der Waals surface area contributed by atoms with Gasteiger partial charge in [0.1, 0.15) is 23.2 Å². The fourth-order valence-electron chi connectivity index (χ4n) is 2.94. The van der Waals surface area contributed by atoms with Gasteiger partial charge in [-0.1, -0.05) is 6.07 Å². The normalized spacial score (nSPS) is 17.0. The predicted octanol–water partition coefficient (Wildman–Crippen LogP) is 2.82. The minimum absolute atomic E-state index is 0.0190. The molecule has 1 unspecified atom stereocenters. The van der Waals surface area contributed by atoms with Crippen molar-refractivity contribution < 1.29 is 27.4 Å². The predicted molar refractivity (Wildman–Crippen MR) is 99.2 cm³/mol. The first-order chi connectivity index (χ1) is 13.9. The van der Waals surface area contributed by atoms with Crippen LogP contribution in [0.5, 0.6) is 5.75 Å². The van der Waals surface area contributed by atoms with Crippen molar-refractivity contribution in [3.8, 4) is 5.75 Å². The maximum atomic E-state index is 13.0. The lowest BCUT2D eigenvalue weighted by Gasteiger charge is -2.30. The number of halogens is 3. The lowest BCUT2D eigenvalue weighted by molar-refractivity contribution is -0.137. The maximum Gasteiger partial charge on any atom is 0.421 e. The van der Waals surface area contributed by atoms with Gasteiger partial charge in [0.15, 0.2) is 0 Å². The van der Waals surface area contributed by atoms with Crippen LogP contribution < -0.4 is 15.4 Å². The summed E-state index contributed by atoms with van der Waals surface area (Å²) in [6.07, 6.45) is -3.36. The highest BCUT2D eigenvalue weighted by molar-refractivity contribution is 5.64. The van der Waals surface area contributed by atoms with Gasteiger partial charge in [0.2, 0.25) is 12.4 Å². The quantitative estimate of drug-likeness (QED) is 0.707. The van der Waals surface area contributed by atoms with E-state index in [9.17, 15) is 18.0 Å². The van der Waals surface area contributed by atoms with E-state index in [-0.39, 0.29) is 17.9 Å². The minimum atomic E-state index is -4.56. The zero-order valence-corrected chi connectivity index (χ0v) is 15.8. The van der Waals surface area contributed by atoms with Gasteiger partial charge in [-0.25, -0.2) is 4.98 Å². The first-order valence-electron chi connectivity index (χ1n) is 8.73. The Kier molecular flexibility index (Phi) is 6.06. The molecule has 0 saturated carbocycles. The molecular weight excluding hydrogens is 391 g/mol. The van der Waals surface area contributed by atoms with Crippen molar-refractivity contribution in [2.24, 2.45) is 0 Å². The van der Waals surface area contributed by atoms with Crippen molar-refractivity contribution in [3.05, 3.63) is 35.5 Å². The number of anilines is 3. The van der Waals surface area contributed by atoms with Gasteiger partial charge in [-0.3, -0.25) is 4.79 Å². The van der Waals surface area contributed by atoms with Gasteiger partial charge < -0.3 is 25.0 Å². The summed E-state index contributed by atoms with van der Waals surface area (Å²) in [5, 5.41) is 5.29. The molecule has 1 saturated heterocycles.